The van der Waals surface area contributed by atoms with E-state index in [9.17, 15) is 14.0 Å². The van der Waals surface area contributed by atoms with Gasteiger partial charge in [-0.25, -0.2) is 14.4 Å². The molecule has 0 radical (unpaired) electrons. The van der Waals surface area contributed by atoms with Gasteiger partial charge in [0.2, 0.25) is 5.91 Å². The number of nitrogens with zero attached hydrogens (tertiary/aromatic N) is 2. The molecule has 2 heterocycles. The molecular weight excluding hydrogens is 347 g/mol. The molecule has 2 aliphatic heterocycles. The molecule has 2 saturated heterocycles. The van der Waals surface area contributed by atoms with Gasteiger partial charge in [-0.1, -0.05) is 32.0 Å². The van der Waals surface area contributed by atoms with E-state index in [2.05, 4.69) is 13.8 Å². The number of carbonyl (C=O) groups excluding carboxylic acids is 2. The lowest BCUT2D eigenvalue weighted by molar-refractivity contribution is -0.126. The third kappa shape index (κ3) is 3.00. The monoisotopic (exact) mass is 368 g/mol. The van der Waals surface area contributed by atoms with E-state index in [0.29, 0.717) is 18.0 Å². The molecule has 0 aliphatic carbocycles. The Hall–Kier alpha value is -2.73. The van der Waals surface area contributed by atoms with Crippen LogP contribution in [0.4, 0.5) is 15.8 Å². The number of imide groups is 1. The van der Waals surface area contributed by atoms with Crippen molar-refractivity contribution in [3.05, 3.63) is 60.4 Å². The summed E-state index contributed by atoms with van der Waals surface area (Å²) >= 11 is 0. The van der Waals surface area contributed by atoms with Gasteiger partial charge in [0.25, 0.3) is 5.91 Å². The summed E-state index contributed by atoms with van der Waals surface area (Å²) in [5.74, 6) is -1.36. The fraction of sp³-hybridized carbons (Fsp3) is 0.333. The Morgan fingerprint density at radius 2 is 1.63 bits per heavy atom. The SMILES string of the molecule is CC(C)C[C@H]1[C@@H]2C(=O)N(c3ccc(F)cc3)C(=O)[C@@H]2ON1c1ccccc1. The molecule has 0 aromatic heterocycles. The number of benzene rings is 2. The summed E-state index contributed by atoms with van der Waals surface area (Å²) in [5.41, 5.74) is 1.20. The van der Waals surface area contributed by atoms with Gasteiger partial charge in [0.15, 0.2) is 6.10 Å². The first-order valence-electron chi connectivity index (χ1n) is 9.12. The normalized spacial score (nSPS) is 24.8. The zero-order valence-electron chi connectivity index (χ0n) is 15.2. The fourth-order valence-corrected chi connectivity index (χ4v) is 3.89. The lowest BCUT2D eigenvalue weighted by Crippen LogP contribution is -2.41. The van der Waals surface area contributed by atoms with Crippen molar-refractivity contribution in [3.8, 4) is 0 Å². The predicted octanol–water partition coefficient (Wildman–Crippen LogP) is 3.55. The van der Waals surface area contributed by atoms with Crippen LogP contribution in [0.25, 0.3) is 0 Å². The first-order chi connectivity index (χ1) is 13.0. The Morgan fingerprint density at radius 3 is 2.26 bits per heavy atom. The number of hydroxylamine groups is 1. The summed E-state index contributed by atoms with van der Waals surface area (Å²) in [7, 11) is 0. The molecule has 27 heavy (non-hydrogen) atoms. The highest BCUT2D eigenvalue weighted by atomic mass is 19.1. The number of halogens is 1. The molecule has 5 nitrogen and oxygen atoms in total. The van der Waals surface area contributed by atoms with Gasteiger partial charge in [-0.05, 0) is 48.7 Å². The van der Waals surface area contributed by atoms with Crippen molar-refractivity contribution in [1.29, 1.82) is 0 Å². The zero-order valence-corrected chi connectivity index (χ0v) is 15.2. The van der Waals surface area contributed by atoms with Crippen LogP contribution in [0.5, 0.6) is 0 Å². The Bertz CT molecular complexity index is 853. The molecule has 2 amide bonds. The van der Waals surface area contributed by atoms with Crippen molar-refractivity contribution in [3.63, 3.8) is 0 Å². The third-order valence-electron chi connectivity index (χ3n) is 5.05. The average Bonchev–Trinajstić information content (AvgIpc) is 3.13. The number of amides is 2. The van der Waals surface area contributed by atoms with Gasteiger partial charge in [0.05, 0.1) is 23.3 Å². The summed E-state index contributed by atoms with van der Waals surface area (Å²) < 4.78 is 13.2. The number of rotatable bonds is 4. The second-order valence-corrected chi connectivity index (χ2v) is 7.40. The third-order valence-corrected chi connectivity index (χ3v) is 5.05. The van der Waals surface area contributed by atoms with E-state index in [1.165, 1.54) is 24.3 Å². The molecule has 140 valence electrons. The molecule has 0 spiro atoms. The molecule has 6 heteroatoms. The van der Waals surface area contributed by atoms with E-state index in [1.54, 1.807) is 5.06 Å². The molecule has 0 unspecified atom stereocenters. The minimum Gasteiger partial charge on any atom is -0.273 e. The summed E-state index contributed by atoms with van der Waals surface area (Å²) in [5, 5.41) is 1.72. The minimum absolute atomic E-state index is 0.237. The highest BCUT2D eigenvalue weighted by Crippen LogP contribution is 2.42. The number of hydrogen-bond donors (Lipinski definition) is 0. The largest absolute Gasteiger partial charge is 0.273 e. The summed E-state index contributed by atoms with van der Waals surface area (Å²) in [6.07, 6.45) is -0.140. The average molecular weight is 368 g/mol. The zero-order chi connectivity index (χ0) is 19.1. The highest BCUT2D eigenvalue weighted by Gasteiger charge is 2.59. The fourth-order valence-electron chi connectivity index (χ4n) is 3.89. The van der Waals surface area contributed by atoms with Crippen LogP contribution in [0.15, 0.2) is 54.6 Å². The van der Waals surface area contributed by atoms with Crippen LogP contribution in [-0.4, -0.2) is 24.0 Å². The van der Waals surface area contributed by atoms with Gasteiger partial charge in [0.1, 0.15) is 5.82 Å². The smallest absolute Gasteiger partial charge is 0.266 e. The van der Waals surface area contributed by atoms with E-state index in [0.717, 1.165) is 10.6 Å². The standard InChI is InChI=1S/C21H21FN2O3/c1-13(2)12-17-18-19(27-24(17)16-6-4-3-5-7-16)21(26)23(20(18)25)15-10-8-14(22)9-11-15/h3-11,13,17-19H,12H2,1-2H3/t17-,18-,19+/m0/s1. The van der Waals surface area contributed by atoms with Gasteiger partial charge in [-0.2, -0.15) is 0 Å². The van der Waals surface area contributed by atoms with Gasteiger partial charge < -0.3 is 0 Å². The van der Waals surface area contributed by atoms with Gasteiger partial charge in [0, 0.05) is 0 Å². The van der Waals surface area contributed by atoms with E-state index in [-0.39, 0.29) is 11.9 Å². The van der Waals surface area contributed by atoms with Crippen LogP contribution in [-0.2, 0) is 14.4 Å². The minimum atomic E-state index is -0.855. The van der Waals surface area contributed by atoms with E-state index >= 15 is 0 Å². The lowest BCUT2D eigenvalue weighted by atomic mass is 9.90. The summed E-state index contributed by atoms with van der Waals surface area (Å²) in [6.45, 7) is 4.16. The molecule has 2 aliphatic rings. The van der Waals surface area contributed by atoms with Gasteiger partial charge in [-0.3, -0.25) is 14.4 Å². The molecule has 0 saturated carbocycles. The Balaban J connectivity index is 1.69. The number of carbonyl (C=O) groups is 2. The summed E-state index contributed by atoms with van der Waals surface area (Å²) in [6, 6.07) is 14.6. The first-order valence-corrected chi connectivity index (χ1v) is 9.12. The Morgan fingerprint density at radius 1 is 0.963 bits per heavy atom. The maximum atomic E-state index is 13.2. The van der Waals surface area contributed by atoms with Gasteiger partial charge >= 0.3 is 0 Å². The molecule has 4 rings (SSSR count). The Kier molecular flexibility index (Phi) is 4.44. The molecule has 0 bridgehead atoms. The van der Waals surface area contributed by atoms with Crippen molar-refractivity contribution in [2.75, 3.05) is 9.96 Å². The quantitative estimate of drug-likeness (QED) is 0.775. The van der Waals surface area contributed by atoms with Crippen molar-refractivity contribution < 1.29 is 18.8 Å². The van der Waals surface area contributed by atoms with Crippen LogP contribution in [0.1, 0.15) is 20.3 Å². The number of para-hydroxylation sites is 1. The van der Waals surface area contributed by atoms with E-state index in [4.69, 9.17) is 4.84 Å². The van der Waals surface area contributed by atoms with Crippen LogP contribution >= 0.6 is 0 Å². The predicted molar refractivity (Wildman–Crippen MR) is 99.4 cm³/mol. The van der Waals surface area contributed by atoms with Crippen LogP contribution in [0.3, 0.4) is 0 Å². The highest BCUT2D eigenvalue weighted by molar-refractivity contribution is 6.23. The molecule has 2 aromatic carbocycles. The molecule has 3 atom stereocenters. The van der Waals surface area contributed by atoms with Crippen molar-refractivity contribution in [1.82, 2.24) is 0 Å². The topological polar surface area (TPSA) is 49.9 Å². The van der Waals surface area contributed by atoms with Crippen molar-refractivity contribution >= 4 is 23.2 Å². The van der Waals surface area contributed by atoms with Gasteiger partial charge in [-0.15, -0.1) is 0 Å². The van der Waals surface area contributed by atoms with Crippen molar-refractivity contribution in [2.24, 2.45) is 11.8 Å². The molecule has 0 N–H and O–H groups in total. The van der Waals surface area contributed by atoms with E-state index in [1.807, 2.05) is 30.3 Å². The second-order valence-electron chi connectivity index (χ2n) is 7.40. The number of anilines is 2. The lowest BCUT2D eigenvalue weighted by Gasteiger charge is -2.29. The van der Waals surface area contributed by atoms with Crippen LogP contribution in [0.2, 0.25) is 0 Å². The maximum absolute atomic E-state index is 13.2. The van der Waals surface area contributed by atoms with Crippen molar-refractivity contribution in [2.45, 2.75) is 32.4 Å². The molecule has 2 aromatic rings. The maximum Gasteiger partial charge on any atom is 0.266 e. The molecule has 2 fully saturated rings. The number of hydrogen-bond acceptors (Lipinski definition) is 4. The first kappa shape index (κ1) is 17.7. The Labute approximate surface area is 157 Å². The van der Waals surface area contributed by atoms with E-state index < -0.39 is 23.7 Å². The van der Waals surface area contributed by atoms with Crippen LogP contribution in [0, 0.1) is 17.7 Å². The van der Waals surface area contributed by atoms with Crippen LogP contribution < -0.4 is 9.96 Å². The second kappa shape index (κ2) is 6.78. The number of fused-ring (bicyclic) bond motifs is 1. The summed E-state index contributed by atoms with van der Waals surface area (Å²) in [4.78, 5) is 33.2. The molecular formula is C21H21FN2O3.